The second kappa shape index (κ2) is 15.7. The smallest absolute Gasteiger partial charge is 0.473 e. The fraction of sp³-hybridized carbons (Fsp3) is 0.676. The lowest BCUT2D eigenvalue weighted by Gasteiger charge is -2.39. The summed E-state index contributed by atoms with van der Waals surface area (Å²) in [5, 5.41) is 11.4. The fourth-order valence-electron chi connectivity index (χ4n) is 6.31. The van der Waals surface area contributed by atoms with Crippen LogP contribution >= 0.6 is 7.82 Å². The molecule has 0 aliphatic heterocycles. The Bertz CT molecular complexity index is 1150. The van der Waals surface area contributed by atoms with Crippen LogP contribution in [0.2, 0.25) is 0 Å². The largest absolute Gasteiger partial charge is 0.507 e. The molecule has 0 amide bonds. The third-order valence-electron chi connectivity index (χ3n) is 8.86. The Balaban J connectivity index is 1.91. The molecule has 42 heavy (non-hydrogen) atoms. The Morgan fingerprint density at radius 1 is 1.14 bits per heavy atom. The summed E-state index contributed by atoms with van der Waals surface area (Å²) in [7, 11) is -4.52. The van der Waals surface area contributed by atoms with Gasteiger partial charge in [-0.05, 0) is 101 Å². The van der Waals surface area contributed by atoms with Crippen LogP contribution in [0.4, 0.5) is 0 Å². The van der Waals surface area contributed by atoms with Crippen molar-refractivity contribution in [3.8, 4) is 11.5 Å². The molecule has 0 saturated heterocycles. The van der Waals surface area contributed by atoms with Gasteiger partial charge in [-0.1, -0.05) is 70.3 Å². The summed E-state index contributed by atoms with van der Waals surface area (Å²) in [5.41, 5.74) is 2.09. The summed E-state index contributed by atoms with van der Waals surface area (Å²) in [6, 6.07) is 3.63. The lowest BCUT2D eigenvalue weighted by atomic mass is 9.73. The number of allylic oxidation sites excluding steroid dienone is 3. The van der Waals surface area contributed by atoms with Crippen molar-refractivity contribution in [3.05, 3.63) is 47.1 Å². The summed E-state index contributed by atoms with van der Waals surface area (Å²) < 4.78 is 30.2. The maximum atomic E-state index is 13.8. The van der Waals surface area contributed by atoms with Gasteiger partial charge in [0, 0.05) is 11.5 Å². The van der Waals surface area contributed by atoms with Crippen molar-refractivity contribution in [1.29, 1.82) is 0 Å². The maximum absolute atomic E-state index is 13.8. The van der Waals surface area contributed by atoms with Gasteiger partial charge < -0.3 is 14.7 Å². The Labute approximate surface area is 253 Å². The molecule has 236 valence electrons. The molecule has 0 radical (unpaired) electrons. The molecule has 1 fully saturated rings. The standard InChI is InChI=1S/C34H53O7P/c1-7-10-11-15-27-21-30(35)32(29-20-25(6)16-17-28(29)24(4)5)31(22-27)40-33(36)34(18-12-19-34)41-42(37,38)39-23-26(13-8-2)14-9-3/h20-22,26,28-29,35H,4,7-19,23H2,1-3,5-6H3,(H,37,38)/t28-,29+/m0/s1. The average Bonchev–Trinajstić information content (AvgIpc) is 2.89. The van der Waals surface area contributed by atoms with Crippen molar-refractivity contribution in [2.45, 2.75) is 130 Å². The average molecular weight is 605 g/mol. The van der Waals surface area contributed by atoms with E-state index in [4.69, 9.17) is 13.8 Å². The van der Waals surface area contributed by atoms with Crippen LogP contribution < -0.4 is 4.74 Å². The number of carbonyl (C=O) groups excluding carboxylic acids is 1. The number of hydrogen-bond donors (Lipinski definition) is 2. The zero-order valence-corrected chi connectivity index (χ0v) is 27.3. The van der Waals surface area contributed by atoms with Crippen LogP contribution in [0.25, 0.3) is 0 Å². The van der Waals surface area contributed by atoms with Crippen LogP contribution in [-0.2, 0) is 24.8 Å². The summed E-state index contributed by atoms with van der Waals surface area (Å²) in [6.45, 7) is 14.7. The molecular weight excluding hydrogens is 551 g/mol. The van der Waals surface area contributed by atoms with Crippen LogP contribution in [0.3, 0.4) is 0 Å². The maximum Gasteiger partial charge on any atom is 0.473 e. The first-order valence-corrected chi connectivity index (χ1v) is 17.5. The van der Waals surface area contributed by atoms with E-state index in [0.717, 1.165) is 75.3 Å². The number of rotatable bonds is 17. The van der Waals surface area contributed by atoms with E-state index >= 15 is 0 Å². The molecule has 0 bridgehead atoms. The molecule has 0 spiro atoms. The number of esters is 1. The van der Waals surface area contributed by atoms with E-state index in [2.05, 4.69) is 40.3 Å². The monoisotopic (exact) mass is 604 g/mol. The minimum Gasteiger partial charge on any atom is -0.507 e. The van der Waals surface area contributed by atoms with Crippen LogP contribution in [0, 0.1) is 11.8 Å². The molecule has 2 N–H and O–H groups in total. The number of ether oxygens (including phenoxy) is 1. The van der Waals surface area contributed by atoms with Crippen LogP contribution in [0.1, 0.15) is 129 Å². The van der Waals surface area contributed by atoms with Gasteiger partial charge in [0.05, 0.1) is 6.61 Å². The molecule has 3 rings (SSSR count). The van der Waals surface area contributed by atoms with Crippen molar-refractivity contribution in [2.75, 3.05) is 6.61 Å². The fourth-order valence-corrected chi connectivity index (χ4v) is 7.46. The van der Waals surface area contributed by atoms with E-state index in [9.17, 15) is 19.4 Å². The second-order valence-electron chi connectivity index (χ2n) is 12.6. The number of aromatic hydroxyl groups is 1. The molecule has 0 heterocycles. The summed E-state index contributed by atoms with van der Waals surface area (Å²) in [6.07, 6.45) is 12.7. The molecule has 2 aliphatic carbocycles. The summed E-state index contributed by atoms with van der Waals surface area (Å²) >= 11 is 0. The Kier molecular flexibility index (Phi) is 12.9. The van der Waals surface area contributed by atoms with Gasteiger partial charge in [-0.3, -0.25) is 9.05 Å². The van der Waals surface area contributed by atoms with Gasteiger partial charge in [-0.25, -0.2) is 9.36 Å². The highest BCUT2D eigenvalue weighted by Crippen LogP contribution is 2.54. The lowest BCUT2D eigenvalue weighted by Crippen LogP contribution is -2.49. The van der Waals surface area contributed by atoms with E-state index in [1.807, 2.05) is 13.0 Å². The van der Waals surface area contributed by atoms with E-state index in [1.165, 1.54) is 5.57 Å². The molecule has 0 aromatic heterocycles. The topological polar surface area (TPSA) is 102 Å². The molecule has 1 aromatic carbocycles. The number of phenolic OH excluding ortho intramolecular Hbond substituents is 1. The highest BCUT2D eigenvalue weighted by atomic mass is 31.2. The molecule has 3 atom stereocenters. The van der Waals surface area contributed by atoms with Crippen molar-refractivity contribution in [1.82, 2.24) is 0 Å². The van der Waals surface area contributed by atoms with E-state index in [-0.39, 0.29) is 48.7 Å². The molecule has 1 unspecified atom stereocenters. The van der Waals surface area contributed by atoms with Crippen molar-refractivity contribution in [2.24, 2.45) is 11.8 Å². The third kappa shape index (κ3) is 9.05. The first-order chi connectivity index (χ1) is 19.9. The first kappa shape index (κ1) is 34.6. The molecule has 8 heteroatoms. The van der Waals surface area contributed by atoms with Gasteiger partial charge in [0.25, 0.3) is 0 Å². The van der Waals surface area contributed by atoms with Crippen molar-refractivity contribution < 1.29 is 33.1 Å². The van der Waals surface area contributed by atoms with Gasteiger partial charge in [0.15, 0.2) is 5.60 Å². The second-order valence-corrected chi connectivity index (χ2v) is 13.9. The van der Waals surface area contributed by atoms with E-state index < -0.39 is 19.4 Å². The molecule has 1 aromatic rings. The van der Waals surface area contributed by atoms with Crippen LogP contribution in [-0.4, -0.2) is 28.2 Å². The van der Waals surface area contributed by atoms with E-state index in [1.54, 1.807) is 6.07 Å². The van der Waals surface area contributed by atoms with Crippen molar-refractivity contribution >= 4 is 13.8 Å². The Hall–Kier alpha value is -1.92. The van der Waals surface area contributed by atoms with Gasteiger partial charge in [0.1, 0.15) is 11.5 Å². The van der Waals surface area contributed by atoms with Crippen LogP contribution in [0.15, 0.2) is 35.9 Å². The number of aryl methyl sites for hydroxylation is 1. The summed E-state index contributed by atoms with van der Waals surface area (Å²) in [5.74, 6) is -0.317. The predicted octanol–water partition coefficient (Wildman–Crippen LogP) is 9.32. The van der Waals surface area contributed by atoms with Gasteiger partial charge in [0.2, 0.25) is 0 Å². The number of phosphoric acid groups is 1. The van der Waals surface area contributed by atoms with Gasteiger partial charge in [-0.2, -0.15) is 0 Å². The number of phenols is 1. The van der Waals surface area contributed by atoms with Gasteiger partial charge >= 0.3 is 13.8 Å². The quantitative estimate of drug-likeness (QED) is 0.0600. The van der Waals surface area contributed by atoms with Crippen LogP contribution in [0.5, 0.6) is 11.5 Å². The first-order valence-electron chi connectivity index (χ1n) is 16.0. The number of benzene rings is 1. The Morgan fingerprint density at radius 2 is 1.83 bits per heavy atom. The lowest BCUT2D eigenvalue weighted by molar-refractivity contribution is -0.163. The Morgan fingerprint density at radius 3 is 2.40 bits per heavy atom. The number of carbonyl (C=O) groups is 1. The summed E-state index contributed by atoms with van der Waals surface area (Å²) in [4.78, 5) is 24.4. The van der Waals surface area contributed by atoms with Crippen molar-refractivity contribution in [3.63, 3.8) is 0 Å². The SMILES string of the molecule is C=C(C)[C@@H]1CCC(C)=C[C@H]1c1c(O)cc(CCCCC)cc1OC(=O)C1(OP(=O)(O)OCC(CCC)CCC)CCC1. The number of unbranched alkanes of at least 4 members (excludes halogenated alkanes) is 2. The normalized spacial score (nSPS) is 21.4. The minimum absolute atomic E-state index is 0.0853. The third-order valence-corrected chi connectivity index (χ3v) is 9.91. The van der Waals surface area contributed by atoms with Gasteiger partial charge in [-0.15, -0.1) is 0 Å². The highest BCUT2D eigenvalue weighted by molar-refractivity contribution is 7.47. The highest BCUT2D eigenvalue weighted by Gasteiger charge is 2.52. The molecule has 7 nitrogen and oxygen atoms in total. The zero-order chi connectivity index (χ0) is 30.9. The molecule has 2 aliphatic rings. The minimum atomic E-state index is -4.52. The molecular formula is C34H53O7P. The number of hydrogen-bond acceptors (Lipinski definition) is 6. The zero-order valence-electron chi connectivity index (χ0n) is 26.5. The number of phosphoric ester groups is 1. The van der Waals surface area contributed by atoms with E-state index in [0.29, 0.717) is 12.0 Å². The predicted molar refractivity (Wildman–Crippen MR) is 168 cm³/mol. The molecule has 1 saturated carbocycles.